The largest absolute Gasteiger partial charge is 0 e. The van der Waals surface area contributed by atoms with Gasteiger partial charge in [0.15, 0.2) is 0 Å². The first-order valence-corrected chi connectivity index (χ1v) is 0.636. The van der Waals surface area contributed by atoms with Crippen LogP contribution in [0.15, 0.2) is 0 Å². The molecule has 6 heteroatoms. The quantitative estimate of drug-likeness (QED) is 0.434. The molecule has 0 aliphatic rings. The first-order valence-electron chi connectivity index (χ1n) is 0.154. The zero-order valence-corrected chi connectivity index (χ0v) is 8.60. The molecule has 0 saturated heterocycles. The van der Waals surface area contributed by atoms with Crippen molar-refractivity contribution in [3.8, 4) is 0 Å². The van der Waals surface area contributed by atoms with Crippen LogP contribution in [0.25, 0.3) is 0 Å². The van der Waals surface area contributed by atoms with Crippen molar-refractivity contribution in [3.05, 3.63) is 0 Å². The van der Waals surface area contributed by atoms with Gasteiger partial charge in [0.05, 0.1) is 0 Å². The maximum absolute atomic E-state index is 8.06. The minimum atomic E-state index is 0. The van der Waals surface area contributed by atoms with Crippen molar-refractivity contribution in [2.45, 2.75) is 0 Å². The van der Waals surface area contributed by atoms with Gasteiger partial charge in [0.1, 0.15) is 0 Å². The van der Waals surface area contributed by atoms with E-state index in [0.717, 1.165) is 0 Å². The van der Waals surface area contributed by atoms with Crippen LogP contribution < -0.4 is 18.9 Å². The smallest absolute Gasteiger partial charge is 0 e. The van der Waals surface area contributed by atoms with E-state index in [-0.39, 0.29) is 79.8 Å². The van der Waals surface area contributed by atoms with Gasteiger partial charge in [0, 0.05) is 59.5 Å². The molecular formula is HCoLiMnNiOZr. The van der Waals surface area contributed by atoms with E-state index in [1.165, 1.54) is 0 Å². The number of hydrogen-bond acceptors (Lipinski definition) is 1. The van der Waals surface area contributed by atoms with Gasteiger partial charge in [-0.05, 0) is 0 Å². The van der Waals surface area contributed by atoms with Crippen LogP contribution in [0.1, 0.15) is 1.43 Å². The topological polar surface area (TPSA) is 17.1 Å². The Bertz CT molecular complexity index is 19.7. The second kappa shape index (κ2) is 46.0. The molecule has 0 amide bonds. The molecule has 0 fully saturated rings. The summed E-state index contributed by atoms with van der Waals surface area (Å²) in [6, 6.07) is 0. The average Bonchev–Trinajstić information content (AvgIpc) is 1.00. The molecular weight excluding hydrogens is 287 g/mol. The van der Waals surface area contributed by atoms with E-state index in [2.05, 4.69) is 0 Å². The predicted molar refractivity (Wildman–Crippen MR) is 1.80 cm³/mol. The van der Waals surface area contributed by atoms with E-state index in [1.807, 2.05) is 0 Å². The molecule has 0 spiro atoms. The molecule has 0 saturated carbocycles. The third-order valence-electron chi connectivity index (χ3n) is 0. The molecule has 0 unspecified atom stereocenters. The summed E-state index contributed by atoms with van der Waals surface area (Å²) in [7, 11) is 0. The van der Waals surface area contributed by atoms with Gasteiger partial charge in [0.25, 0.3) is 0 Å². The summed E-state index contributed by atoms with van der Waals surface area (Å²) in [6.07, 6.45) is 0. The summed E-state index contributed by atoms with van der Waals surface area (Å²) < 4.78 is 8.06. The minimum Gasteiger partial charge on any atom is 0 e. The summed E-state index contributed by atoms with van der Waals surface area (Å²) >= 11 is 1.69. The van der Waals surface area contributed by atoms with Gasteiger partial charge in [-0.15, -0.1) is 0 Å². The van der Waals surface area contributed by atoms with Crippen LogP contribution >= 0.6 is 0 Å². The molecule has 0 heterocycles. The molecule has 1 nitrogen and oxygen atoms in total. The Hall–Kier alpha value is 2.80. The van der Waals surface area contributed by atoms with Crippen LogP contribution in [-0.4, -0.2) is 0 Å². The molecule has 0 rings (SSSR count). The molecule has 0 aromatic heterocycles. The fourth-order valence-electron chi connectivity index (χ4n) is 0. The van der Waals surface area contributed by atoms with Crippen LogP contribution in [0.5, 0.6) is 0 Å². The fourth-order valence-corrected chi connectivity index (χ4v) is 0. The summed E-state index contributed by atoms with van der Waals surface area (Å²) in [4.78, 5) is 0. The third kappa shape index (κ3) is 29.2. The number of rotatable bonds is 0. The molecule has 6 heavy (non-hydrogen) atoms. The molecule has 38 valence electrons. The van der Waals surface area contributed by atoms with Crippen LogP contribution in [-0.2, 0) is 79.3 Å². The van der Waals surface area contributed by atoms with Crippen LogP contribution in [0, 0.1) is 0 Å². The Kier molecular flexibility index (Phi) is 284. The van der Waals surface area contributed by atoms with Gasteiger partial charge in [0.2, 0.25) is 0 Å². The van der Waals surface area contributed by atoms with Crippen LogP contribution in [0.2, 0.25) is 0 Å². The van der Waals surface area contributed by atoms with Gasteiger partial charge in [-0.2, -0.15) is 0 Å². The van der Waals surface area contributed by atoms with E-state index in [4.69, 9.17) is 3.83 Å². The Morgan fingerprint density at radius 3 is 1.33 bits per heavy atom. The maximum Gasteiger partial charge on any atom is 0 e. The molecule has 0 aromatic carbocycles. The Labute approximate surface area is 98.1 Å². The van der Waals surface area contributed by atoms with Crippen molar-refractivity contribution in [3.63, 3.8) is 0 Å². The minimum absolute atomic E-state index is 0. The molecule has 0 bridgehead atoms. The average molecular weight is 288 g/mol. The van der Waals surface area contributed by atoms with Crippen LogP contribution in [0.3, 0.4) is 0 Å². The normalized spacial score (nSPS) is 0.667. The molecule has 0 aromatic rings. The summed E-state index contributed by atoms with van der Waals surface area (Å²) in [5.41, 5.74) is 0. The van der Waals surface area contributed by atoms with Gasteiger partial charge in [-0.1, -0.05) is 0 Å². The van der Waals surface area contributed by atoms with E-state index in [1.54, 1.807) is 15.9 Å². The number of hydrogen-bond donors (Lipinski definition) is 0. The van der Waals surface area contributed by atoms with E-state index >= 15 is 0 Å². The molecule has 0 atom stereocenters. The van der Waals surface area contributed by atoms with Crippen LogP contribution in [0.4, 0.5) is 0 Å². The van der Waals surface area contributed by atoms with E-state index in [9.17, 15) is 0 Å². The molecule has 0 aliphatic heterocycles. The predicted octanol–water partition coefficient (Wildman–Crippen LogP) is -3.01. The second-order valence-corrected chi connectivity index (χ2v) is 0. The van der Waals surface area contributed by atoms with E-state index < -0.39 is 0 Å². The van der Waals surface area contributed by atoms with Gasteiger partial charge >= 0.3 is 38.6 Å². The van der Waals surface area contributed by atoms with Crippen molar-refractivity contribution < 1.29 is 99.5 Å². The van der Waals surface area contributed by atoms with Crippen molar-refractivity contribution in [1.82, 2.24) is 0 Å². The van der Waals surface area contributed by atoms with Crippen molar-refractivity contribution in [1.29, 1.82) is 0 Å². The van der Waals surface area contributed by atoms with Crippen molar-refractivity contribution in [2.75, 3.05) is 0 Å². The molecule has 0 aliphatic carbocycles. The SMILES string of the molecule is [Co].[H-].[Li+].[Ni].[O]=[Mn].[Zr]. The Morgan fingerprint density at radius 2 is 1.33 bits per heavy atom. The third-order valence-corrected chi connectivity index (χ3v) is 0. The Balaban J connectivity index is -0.000000000500. The molecule has 1 radical (unpaired) electrons. The maximum atomic E-state index is 8.06. The van der Waals surface area contributed by atoms with Crippen molar-refractivity contribution in [2.24, 2.45) is 0 Å². The summed E-state index contributed by atoms with van der Waals surface area (Å²) in [5.74, 6) is 0. The Morgan fingerprint density at radius 1 is 1.33 bits per heavy atom. The second-order valence-electron chi connectivity index (χ2n) is 0. The van der Waals surface area contributed by atoms with Crippen molar-refractivity contribution >= 4 is 0 Å². The van der Waals surface area contributed by atoms with Gasteiger partial charge < -0.3 is 1.43 Å². The monoisotopic (exact) mass is 286 g/mol. The van der Waals surface area contributed by atoms with Gasteiger partial charge in [-0.25, -0.2) is 0 Å². The summed E-state index contributed by atoms with van der Waals surface area (Å²) in [6.45, 7) is 0. The standard InChI is InChI=1S/Co.Li.Mn.Ni.O.Zr.H/q;+1;;;;;-1. The summed E-state index contributed by atoms with van der Waals surface area (Å²) in [5, 5.41) is 0. The molecule has 0 N–H and O–H groups in total. The van der Waals surface area contributed by atoms with E-state index in [0.29, 0.717) is 0 Å². The first-order chi connectivity index (χ1) is 1.00. The first kappa shape index (κ1) is 37.1. The zero-order valence-electron chi connectivity index (χ0n) is 3.94. The fraction of sp³-hybridized carbons (Fsp3) is 0. The van der Waals surface area contributed by atoms with Gasteiger partial charge in [-0.3, -0.25) is 0 Å². The zero-order chi connectivity index (χ0) is 2.00.